The van der Waals surface area contributed by atoms with Gasteiger partial charge in [-0.2, -0.15) is 0 Å². The van der Waals surface area contributed by atoms with Crippen LogP contribution in [0, 0.1) is 5.82 Å². The zero-order valence-electron chi connectivity index (χ0n) is 12.1. The standard InChI is InChI=1S/C15H20FN3O2/c1-2-18-7-9-19(10-8-18)14(20)11-17-15(21)12-3-5-13(16)6-4-12/h3-6H,2,7-11H2,1H3,(H,17,21). The SMILES string of the molecule is CCN1CCN(C(=O)CNC(=O)c2ccc(F)cc2)CC1. The molecule has 1 fully saturated rings. The highest BCUT2D eigenvalue weighted by atomic mass is 19.1. The molecule has 1 saturated heterocycles. The first-order chi connectivity index (χ1) is 10.1. The largest absolute Gasteiger partial charge is 0.343 e. The van der Waals surface area contributed by atoms with Gasteiger partial charge >= 0.3 is 0 Å². The fraction of sp³-hybridized carbons (Fsp3) is 0.467. The highest BCUT2D eigenvalue weighted by Crippen LogP contribution is 2.03. The smallest absolute Gasteiger partial charge is 0.251 e. The summed E-state index contributed by atoms with van der Waals surface area (Å²) in [5.41, 5.74) is 0.347. The van der Waals surface area contributed by atoms with E-state index in [-0.39, 0.29) is 18.4 Å². The fourth-order valence-electron chi connectivity index (χ4n) is 2.28. The first-order valence-corrected chi connectivity index (χ1v) is 7.14. The Bertz CT molecular complexity index is 496. The lowest BCUT2D eigenvalue weighted by molar-refractivity contribution is -0.131. The van der Waals surface area contributed by atoms with Crippen LogP contribution >= 0.6 is 0 Å². The number of carbonyl (C=O) groups excluding carboxylic acids is 2. The van der Waals surface area contributed by atoms with Crippen molar-refractivity contribution in [1.82, 2.24) is 15.1 Å². The Morgan fingerprint density at radius 2 is 1.76 bits per heavy atom. The lowest BCUT2D eigenvalue weighted by Crippen LogP contribution is -2.51. The lowest BCUT2D eigenvalue weighted by atomic mass is 10.2. The predicted molar refractivity (Wildman–Crippen MR) is 77.4 cm³/mol. The Balaban J connectivity index is 1.78. The zero-order chi connectivity index (χ0) is 15.2. The number of benzene rings is 1. The summed E-state index contributed by atoms with van der Waals surface area (Å²) in [6.07, 6.45) is 0. The molecule has 1 aliphatic rings. The molecule has 0 bridgehead atoms. The van der Waals surface area contributed by atoms with E-state index in [1.54, 1.807) is 4.90 Å². The molecule has 2 rings (SSSR count). The van der Waals surface area contributed by atoms with Crippen molar-refractivity contribution in [2.75, 3.05) is 39.3 Å². The summed E-state index contributed by atoms with van der Waals surface area (Å²) in [5, 5.41) is 2.57. The maximum Gasteiger partial charge on any atom is 0.251 e. The van der Waals surface area contributed by atoms with Gasteiger partial charge in [0, 0.05) is 31.7 Å². The second-order valence-corrected chi connectivity index (χ2v) is 5.00. The molecule has 0 atom stereocenters. The normalized spacial score (nSPS) is 15.8. The van der Waals surface area contributed by atoms with Gasteiger partial charge in [-0.1, -0.05) is 6.92 Å². The molecule has 0 aliphatic carbocycles. The zero-order valence-corrected chi connectivity index (χ0v) is 12.1. The molecular formula is C15H20FN3O2. The number of nitrogens with zero attached hydrogens (tertiary/aromatic N) is 2. The molecule has 6 heteroatoms. The van der Waals surface area contributed by atoms with Crippen molar-refractivity contribution in [3.05, 3.63) is 35.6 Å². The van der Waals surface area contributed by atoms with Crippen LogP contribution in [0.25, 0.3) is 0 Å². The van der Waals surface area contributed by atoms with Crippen LogP contribution in [0.2, 0.25) is 0 Å². The van der Waals surface area contributed by atoms with Gasteiger partial charge in [-0.25, -0.2) is 4.39 Å². The Morgan fingerprint density at radius 3 is 2.33 bits per heavy atom. The number of rotatable bonds is 4. The molecule has 1 heterocycles. The van der Waals surface area contributed by atoms with Gasteiger partial charge in [-0.15, -0.1) is 0 Å². The monoisotopic (exact) mass is 293 g/mol. The lowest BCUT2D eigenvalue weighted by Gasteiger charge is -2.34. The van der Waals surface area contributed by atoms with Crippen LogP contribution < -0.4 is 5.32 Å². The van der Waals surface area contributed by atoms with Crippen molar-refractivity contribution in [2.45, 2.75) is 6.92 Å². The number of hydrogen-bond acceptors (Lipinski definition) is 3. The number of piperazine rings is 1. The molecule has 1 aliphatic heterocycles. The Hall–Kier alpha value is -1.95. The molecule has 0 unspecified atom stereocenters. The molecule has 1 N–H and O–H groups in total. The van der Waals surface area contributed by atoms with Gasteiger partial charge in [0.25, 0.3) is 5.91 Å². The average Bonchev–Trinajstić information content (AvgIpc) is 2.53. The van der Waals surface area contributed by atoms with E-state index in [1.807, 2.05) is 0 Å². The molecule has 0 saturated carbocycles. The van der Waals surface area contributed by atoms with Crippen LogP contribution in [0.1, 0.15) is 17.3 Å². The van der Waals surface area contributed by atoms with Gasteiger partial charge in [0.05, 0.1) is 6.54 Å². The van der Waals surface area contributed by atoms with Crippen molar-refractivity contribution in [2.24, 2.45) is 0 Å². The highest BCUT2D eigenvalue weighted by Gasteiger charge is 2.20. The molecule has 5 nitrogen and oxygen atoms in total. The molecule has 0 radical (unpaired) electrons. The van der Waals surface area contributed by atoms with Crippen LogP contribution in [0.5, 0.6) is 0 Å². The summed E-state index contributed by atoms with van der Waals surface area (Å²) in [5.74, 6) is -0.840. The van der Waals surface area contributed by atoms with Crippen LogP contribution in [0.15, 0.2) is 24.3 Å². The fourth-order valence-corrected chi connectivity index (χ4v) is 2.28. The van der Waals surface area contributed by atoms with E-state index in [2.05, 4.69) is 17.1 Å². The molecular weight excluding hydrogens is 273 g/mol. The van der Waals surface area contributed by atoms with Gasteiger partial charge in [0.1, 0.15) is 5.82 Å². The van der Waals surface area contributed by atoms with E-state index in [0.29, 0.717) is 18.7 Å². The van der Waals surface area contributed by atoms with Gasteiger partial charge < -0.3 is 15.1 Å². The van der Waals surface area contributed by atoms with Crippen molar-refractivity contribution in [3.8, 4) is 0 Å². The third-order valence-corrected chi connectivity index (χ3v) is 3.68. The first-order valence-electron chi connectivity index (χ1n) is 7.14. The van der Waals surface area contributed by atoms with Crippen LogP contribution in [-0.4, -0.2) is 60.9 Å². The highest BCUT2D eigenvalue weighted by molar-refractivity contribution is 5.96. The van der Waals surface area contributed by atoms with Crippen LogP contribution in [0.4, 0.5) is 4.39 Å². The minimum Gasteiger partial charge on any atom is -0.343 e. The molecule has 1 aromatic rings. The predicted octanol–water partition coefficient (Wildman–Crippen LogP) is 0.720. The van der Waals surface area contributed by atoms with E-state index >= 15 is 0 Å². The minimum atomic E-state index is -0.392. The molecule has 1 aromatic carbocycles. The molecule has 21 heavy (non-hydrogen) atoms. The van der Waals surface area contributed by atoms with E-state index in [9.17, 15) is 14.0 Å². The average molecular weight is 293 g/mol. The Morgan fingerprint density at radius 1 is 1.14 bits per heavy atom. The second-order valence-electron chi connectivity index (χ2n) is 5.00. The third-order valence-electron chi connectivity index (χ3n) is 3.68. The molecule has 0 spiro atoms. The third kappa shape index (κ3) is 4.26. The van der Waals surface area contributed by atoms with Crippen LogP contribution in [0.3, 0.4) is 0 Å². The summed E-state index contributed by atoms with van der Waals surface area (Å²) in [4.78, 5) is 27.9. The number of hydrogen-bond donors (Lipinski definition) is 1. The number of likely N-dealkylation sites (N-methyl/N-ethyl adjacent to an activating group) is 1. The van der Waals surface area contributed by atoms with E-state index in [0.717, 1.165) is 19.6 Å². The summed E-state index contributed by atoms with van der Waals surface area (Å²) in [6.45, 7) is 6.19. The van der Waals surface area contributed by atoms with Crippen molar-refractivity contribution in [3.63, 3.8) is 0 Å². The number of amides is 2. The van der Waals surface area contributed by atoms with Gasteiger partial charge in [-0.3, -0.25) is 9.59 Å². The summed E-state index contributed by atoms with van der Waals surface area (Å²) >= 11 is 0. The van der Waals surface area contributed by atoms with Crippen molar-refractivity contribution >= 4 is 11.8 Å². The van der Waals surface area contributed by atoms with Gasteiger partial charge in [0.15, 0.2) is 0 Å². The van der Waals surface area contributed by atoms with Crippen LogP contribution in [-0.2, 0) is 4.79 Å². The second kappa shape index (κ2) is 7.17. The Labute approximate surface area is 123 Å². The maximum atomic E-state index is 12.8. The van der Waals surface area contributed by atoms with Gasteiger partial charge in [-0.05, 0) is 30.8 Å². The van der Waals surface area contributed by atoms with E-state index in [1.165, 1.54) is 24.3 Å². The summed E-state index contributed by atoms with van der Waals surface area (Å²) in [7, 11) is 0. The number of carbonyl (C=O) groups is 2. The minimum absolute atomic E-state index is 0.0255. The number of halogens is 1. The molecule has 0 aromatic heterocycles. The molecule has 114 valence electrons. The van der Waals surface area contributed by atoms with Crippen molar-refractivity contribution < 1.29 is 14.0 Å². The quantitative estimate of drug-likeness (QED) is 0.890. The van der Waals surface area contributed by atoms with E-state index in [4.69, 9.17) is 0 Å². The summed E-state index contributed by atoms with van der Waals surface area (Å²) < 4.78 is 12.8. The molecule has 2 amide bonds. The van der Waals surface area contributed by atoms with Crippen molar-refractivity contribution in [1.29, 1.82) is 0 Å². The van der Waals surface area contributed by atoms with Gasteiger partial charge in [0.2, 0.25) is 5.91 Å². The Kier molecular flexibility index (Phi) is 5.27. The number of nitrogens with one attached hydrogen (secondary N) is 1. The summed E-state index contributed by atoms with van der Waals surface area (Å²) in [6, 6.07) is 5.24. The maximum absolute atomic E-state index is 12.8. The first kappa shape index (κ1) is 15.4. The topological polar surface area (TPSA) is 52.6 Å². The van der Waals surface area contributed by atoms with E-state index < -0.39 is 5.82 Å².